The fourth-order valence-electron chi connectivity index (χ4n) is 2.21. The highest BCUT2D eigenvalue weighted by molar-refractivity contribution is 7.15. The number of rotatable bonds is 3. The van der Waals surface area contributed by atoms with Crippen LogP contribution in [0.5, 0.6) is 0 Å². The smallest absolute Gasteiger partial charge is 0.358 e. The average molecular weight is 282 g/mol. The zero-order chi connectivity index (χ0) is 14.0. The van der Waals surface area contributed by atoms with E-state index in [1.807, 2.05) is 13.8 Å². The zero-order valence-electron chi connectivity index (χ0n) is 12.2. The summed E-state index contributed by atoms with van der Waals surface area (Å²) in [6, 6.07) is 0. The van der Waals surface area contributed by atoms with Crippen LogP contribution in [0.1, 0.15) is 49.0 Å². The number of ether oxygens (including phenoxy) is 1. The third kappa shape index (κ3) is 3.26. The number of hydrogen-bond acceptors (Lipinski definition) is 5. The first-order chi connectivity index (χ1) is 8.93. The van der Waals surface area contributed by atoms with Crippen molar-refractivity contribution in [2.75, 3.05) is 24.6 Å². The molecule has 2 heterocycles. The van der Waals surface area contributed by atoms with E-state index in [-0.39, 0.29) is 5.97 Å². The van der Waals surface area contributed by atoms with Gasteiger partial charge in [-0.2, -0.15) is 0 Å². The molecule has 2 rings (SSSR count). The molecule has 0 amide bonds. The topological polar surface area (TPSA) is 42.4 Å². The highest BCUT2D eigenvalue weighted by atomic mass is 32.1. The molecule has 0 aromatic carbocycles. The van der Waals surface area contributed by atoms with Crippen LogP contribution < -0.4 is 4.90 Å². The predicted molar refractivity (Wildman–Crippen MR) is 78.0 cm³/mol. The summed E-state index contributed by atoms with van der Waals surface area (Å²) in [6.45, 7) is 10.8. The lowest BCUT2D eigenvalue weighted by molar-refractivity contribution is 0.0519. The second kappa shape index (κ2) is 5.49. The van der Waals surface area contributed by atoms with Gasteiger partial charge in [0.25, 0.3) is 0 Å². The van der Waals surface area contributed by atoms with Crippen molar-refractivity contribution in [1.82, 2.24) is 4.98 Å². The fourth-order valence-corrected chi connectivity index (χ4v) is 3.16. The molecule has 0 atom stereocenters. The first-order valence-electron chi connectivity index (χ1n) is 6.82. The van der Waals surface area contributed by atoms with Crippen LogP contribution in [0.15, 0.2) is 0 Å². The van der Waals surface area contributed by atoms with Gasteiger partial charge in [0.05, 0.1) is 6.61 Å². The van der Waals surface area contributed by atoms with Gasteiger partial charge in [-0.3, -0.25) is 0 Å². The summed E-state index contributed by atoms with van der Waals surface area (Å²) in [6.07, 6.45) is 2.33. The molecule has 1 aliphatic heterocycles. The molecule has 0 aliphatic carbocycles. The van der Waals surface area contributed by atoms with Crippen LogP contribution in [0, 0.1) is 12.3 Å². The summed E-state index contributed by atoms with van der Waals surface area (Å²) in [5.41, 5.74) is 0.902. The van der Waals surface area contributed by atoms with E-state index in [1.54, 1.807) is 11.3 Å². The zero-order valence-corrected chi connectivity index (χ0v) is 13.0. The molecule has 0 radical (unpaired) electrons. The first-order valence-corrected chi connectivity index (χ1v) is 7.64. The van der Waals surface area contributed by atoms with E-state index in [0.717, 1.165) is 23.1 Å². The number of carbonyl (C=O) groups excluding carboxylic acids is 1. The highest BCUT2D eigenvalue weighted by Gasteiger charge is 2.28. The second-order valence-electron chi connectivity index (χ2n) is 5.77. The van der Waals surface area contributed by atoms with Gasteiger partial charge in [-0.1, -0.05) is 13.8 Å². The lowest BCUT2D eigenvalue weighted by Crippen LogP contribution is -2.37. The summed E-state index contributed by atoms with van der Waals surface area (Å²) in [5, 5.41) is 0.955. The predicted octanol–water partition coefficient (Wildman–Crippen LogP) is 3.25. The van der Waals surface area contributed by atoms with Crippen molar-refractivity contribution in [3.63, 3.8) is 0 Å². The number of hydrogen-bond donors (Lipinski definition) is 0. The minimum absolute atomic E-state index is 0.306. The van der Waals surface area contributed by atoms with Gasteiger partial charge in [0.1, 0.15) is 0 Å². The van der Waals surface area contributed by atoms with E-state index in [1.165, 1.54) is 12.8 Å². The van der Waals surface area contributed by atoms with Crippen molar-refractivity contribution in [3.8, 4) is 0 Å². The number of anilines is 1. The van der Waals surface area contributed by atoms with E-state index in [4.69, 9.17) is 4.74 Å². The molecule has 1 saturated heterocycles. The molecular formula is C14H22N2O2S. The quantitative estimate of drug-likeness (QED) is 0.798. The standard InChI is InChI=1S/C14H22N2O2S/c1-5-18-12(17)11-10(2)19-13(15-11)16-8-6-14(3,4)7-9-16/h5-9H2,1-4H3. The van der Waals surface area contributed by atoms with Crippen LogP contribution in [0.3, 0.4) is 0 Å². The number of nitrogens with zero attached hydrogens (tertiary/aromatic N) is 2. The lowest BCUT2D eigenvalue weighted by atomic mass is 9.83. The summed E-state index contributed by atoms with van der Waals surface area (Å²) in [4.78, 5) is 19.5. The SMILES string of the molecule is CCOC(=O)c1nc(N2CCC(C)(C)CC2)sc1C. The number of aryl methyl sites for hydroxylation is 1. The van der Waals surface area contributed by atoms with Gasteiger partial charge in [-0.25, -0.2) is 9.78 Å². The van der Waals surface area contributed by atoms with Gasteiger partial charge in [-0.15, -0.1) is 11.3 Å². The van der Waals surface area contributed by atoms with Crippen LogP contribution in [-0.4, -0.2) is 30.6 Å². The number of thiazole rings is 1. The third-order valence-electron chi connectivity index (χ3n) is 3.64. The van der Waals surface area contributed by atoms with Crippen molar-refractivity contribution in [1.29, 1.82) is 0 Å². The summed E-state index contributed by atoms with van der Waals surface area (Å²) >= 11 is 1.59. The summed E-state index contributed by atoms with van der Waals surface area (Å²) in [5.74, 6) is -0.306. The molecule has 0 unspecified atom stereocenters. The van der Waals surface area contributed by atoms with Gasteiger partial charge < -0.3 is 9.64 Å². The lowest BCUT2D eigenvalue weighted by Gasteiger charge is -2.36. The van der Waals surface area contributed by atoms with Gasteiger partial charge in [0.15, 0.2) is 10.8 Å². The Labute approximate surface area is 118 Å². The maximum absolute atomic E-state index is 11.8. The van der Waals surface area contributed by atoms with E-state index in [2.05, 4.69) is 23.7 Å². The number of carbonyl (C=O) groups is 1. The van der Waals surface area contributed by atoms with E-state index < -0.39 is 0 Å². The van der Waals surface area contributed by atoms with Crippen LogP contribution in [0.4, 0.5) is 5.13 Å². The average Bonchev–Trinajstić information content (AvgIpc) is 2.71. The summed E-state index contributed by atoms with van der Waals surface area (Å²) in [7, 11) is 0. The maximum Gasteiger partial charge on any atom is 0.358 e. The Bertz CT molecular complexity index is 458. The summed E-state index contributed by atoms with van der Waals surface area (Å²) < 4.78 is 5.03. The van der Waals surface area contributed by atoms with Crippen LogP contribution in [-0.2, 0) is 4.74 Å². The van der Waals surface area contributed by atoms with Crippen molar-refractivity contribution < 1.29 is 9.53 Å². The Morgan fingerprint density at radius 2 is 2.05 bits per heavy atom. The maximum atomic E-state index is 11.8. The molecular weight excluding hydrogens is 260 g/mol. The van der Waals surface area contributed by atoms with E-state index in [0.29, 0.717) is 17.7 Å². The first kappa shape index (κ1) is 14.3. The number of esters is 1. The third-order valence-corrected chi connectivity index (χ3v) is 4.67. The van der Waals surface area contributed by atoms with Crippen LogP contribution >= 0.6 is 11.3 Å². The molecule has 0 N–H and O–H groups in total. The van der Waals surface area contributed by atoms with Gasteiger partial charge in [-0.05, 0) is 32.1 Å². The molecule has 19 heavy (non-hydrogen) atoms. The highest BCUT2D eigenvalue weighted by Crippen LogP contribution is 2.34. The molecule has 0 bridgehead atoms. The Kier molecular flexibility index (Phi) is 4.13. The number of piperidine rings is 1. The molecule has 0 spiro atoms. The molecule has 1 fully saturated rings. The van der Waals surface area contributed by atoms with E-state index in [9.17, 15) is 4.79 Å². The van der Waals surface area contributed by atoms with Crippen LogP contribution in [0.2, 0.25) is 0 Å². The Balaban J connectivity index is 2.10. The van der Waals surface area contributed by atoms with Crippen molar-refractivity contribution in [2.24, 2.45) is 5.41 Å². The van der Waals surface area contributed by atoms with Crippen molar-refractivity contribution in [2.45, 2.75) is 40.5 Å². The Morgan fingerprint density at radius 3 is 2.63 bits per heavy atom. The van der Waals surface area contributed by atoms with Crippen molar-refractivity contribution in [3.05, 3.63) is 10.6 Å². The molecule has 5 heteroatoms. The molecule has 1 aromatic heterocycles. The molecule has 4 nitrogen and oxygen atoms in total. The minimum Gasteiger partial charge on any atom is -0.461 e. The second-order valence-corrected chi connectivity index (χ2v) is 6.95. The number of aromatic nitrogens is 1. The Hall–Kier alpha value is -1.10. The fraction of sp³-hybridized carbons (Fsp3) is 0.714. The Morgan fingerprint density at radius 1 is 1.42 bits per heavy atom. The molecule has 0 saturated carbocycles. The van der Waals surface area contributed by atoms with Gasteiger partial charge in [0, 0.05) is 18.0 Å². The molecule has 1 aromatic rings. The molecule has 106 valence electrons. The van der Waals surface area contributed by atoms with Gasteiger partial charge in [0.2, 0.25) is 0 Å². The molecule has 1 aliphatic rings. The minimum atomic E-state index is -0.306. The monoisotopic (exact) mass is 282 g/mol. The normalized spacial score (nSPS) is 18.4. The van der Waals surface area contributed by atoms with Crippen molar-refractivity contribution >= 4 is 22.4 Å². The van der Waals surface area contributed by atoms with Crippen LogP contribution in [0.25, 0.3) is 0 Å². The van der Waals surface area contributed by atoms with E-state index >= 15 is 0 Å². The largest absolute Gasteiger partial charge is 0.461 e. The van der Waals surface area contributed by atoms with Gasteiger partial charge >= 0.3 is 5.97 Å².